The van der Waals surface area contributed by atoms with Gasteiger partial charge in [-0.15, -0.1) is 0 Å². The van der Waals surface area contributed by atoms with Crippen LogP contribution in [-0.2, 0) is 19.2 Å². The van der Waals surface area contributed by atoms with E-state index in [9.17, 15) is 19.2 Å². The summed E-state index contributed by atoms with van der Waals surface area (Å²) in [6, 6.07) is -1.47. The van der Waals surface area contributed by atoms with Gasteiger partial charge in [-0.25, -0.2) is 9.59 Å². The van der Waals surface area contributed by atoms with Gasteiger partial charge in [0.15, 0.2) is 0 Å². The molecule has 13 heteroatoms. The Kier molecular flexibility index (Phi) is 47.9. The molecule has 12 nitrogen and oxygen atoms in total. The van der Waals surface area contributed by atoms with Crippen molar-refractivity contribution in [3.63, 3.8) is 0 Å². The van der Waals surface area contributed by atoms with Crippen molar-refractivity contribution in [3.05, 3.63) is 0 Å². The van der Waals surface area contributed by atoms with Crippen LogP contribution in [0, 0.1) is 0 Å². The summed E-state index contributed by atoms with van der Waals surface area (Å²) in [5, 5.41) is 43.2. The smallest absolute Gasteiger partial charge is 0.326 e. The van der Waals surface area contributed by atoms with Gasteiger partial charge in [0.2, 0.25) is 11.8 Å². The van der Waals surface area contributed by atoms with E-state index in [0.717, 1.165) is 25.7 Å². The normalized spacial score (nSPS) is 11.7. The van der Waals surface area contributed by atoms with Gasteiger partial charge in [-0.05, 0) is 26.7 Å². The van der Waals surface area contributed by atoms with Crippen molar-refractivity contribution in [1.82, 2.24) is 14.7 Å². The summed E-state index contributed by atoms with van der Waals surface area (Å²) in [5.41, 5.74) is 0. The van der Waals surface area contributed by atoms with Crippen molar-refractivity contribution >= 4 is 53.3 Å². The number of rotatable bonds is 32. The molecule has 0 aliphatic rings. The number of carboxylic acid groups (broad SMARTS) is 2. The van der Waals surface area contributed by atoms with E-state index in [4.69, 9.17) is 25.5 Å². The van der Waals surface area contributed by atoms with E-state index in [2.05, 4.69) is 13.8 Å². The second-order valence-electron chi connectivity index (χ2n) is 13.9. The Balaban J connectivity index is -0.000000358. The predicted octanol–water partition coefficient (Wildman–Crippen LogP) is 6.34. The van der Waals surface area contributed by atoms with Gasteiger partial charge >= 0.3 is 11.9 Å². The second kappa shape index (κ2) is 43.4. The molecule has 0 fully saturated rings. The number of aliphatic hydroxyl groups excluding tert-OH is 3. The van der Waals surface area contributed by atoms with Crippen LogP contribution in [0.25, 0.3) is 0 Å². The molecule has 0 saturated carbocycles. The molecule has 0 bridgehead atoms. The van der Waals surface area contributed by atoms with Crippen LogP contribution in [0.5, 0.6) is 0 Å². The van der Waals surface area contributed by atoms with Gasteiger partial charge in [-0.2, -0.15) is 0 Å². The van der Waals surface area contributed by atoms with Crippen LogP contribution in [-0.4, -0.2) is 159 Å². The molecule has 0 aromatic carbocycles. The number of carboxylic acids is 2. The van der Waals surface area contributed by atoms with E-state index < -0.39 is 24.0 Å². The Morgan fingerprint density at radius 3 is 0.887 bits per heavy atom. The van der Waals surface area contributed by atoms with Crippen LogP contribution in [0.2, 0.25) is 0 Å². The molecule has 0 saturated heterocycles. The minimum absolute atomic E-state index is 0. The Hall–Kier alpha value is -1.28. The molecule has 0 heterocycles. The number of unbranched alkanes of at least 4 members (excludes halogenated alkanes) is 18. The molecular weight excluding hydrogens is 689 g/mol. The largest absolute Gasteiger partial charge is 0.480 e. The van der Waals surface area contributed by atoms with Crippen molar-refractivity contribution in [2.24, 2.45) is 0 Å². The topological polar surface area (TPSA) is 179 Å². The summed E-state index contributed by atoms with van der Waals surface area (Å²) >= 11 is 0. The first-order valence-electron chi connectivity index (χ1n) is 20.4. The van der Waals surface area contributed by atoms with Crippen LogP contribution in [0.4, 0.5) is 0 Å². The fourth-order valence-electron chi connectivity index (χ4n) is 5.40. The molecule has 0 aromatic heterocycles. The maximum absolute atomic E-state index is 11.8. The molecule has 0 unspecified atom stereocenters. The summed E-state index contributed by atoms with van der Waals surface area (Å²) in [6.45, 7) is 9.30. The molecule has 311 valence electrons. The zero-order valence-corrected chi connectivity index (χ0v) is 37.2. The minimum Gasteiger partial charge on any atom is -0.480 e. The fraction of sp³-hybridized carbons (Fsp3) is 0.900. The predicted molar refractivity (Wildman–Crippen MR) is 216 cm³/mol. The average Bonchev–Trinajstić information content (AvgIpc) is 3.12. The van der Waals surface area contributed by atoms with E-state index in [0.29, 0.717) is 32.5 Å². The van der Waals surface area contributed by atoms with Crippen LogP contribution in [0.1, 0.15) is 169 Å². The molecule has 0 rings (SSSR count). The van der Waals surface area contributed by atoms with Crippen molar-refractivity contribution in [2.75, 3.05) is 53.6 Å². The van der Waals surface area contributed by atoms with Gasteiger partial charge < -0.3 is 35.3 Å². The Labute approximate surface area is 345 Å². The van der Waals surface area contributed by atoms with E-state index in [1.54, 1.807) is 25.9 Å². The van der Waals surface area contributed by atoms with E-state index >= 15 is 0 Å². The summed E-state index contributed by atoms with van der Waals surface area (Å²) in [7, 11) is 3.13. The number of nitrogens with zero attached hydrogens (tertiary/aromatic N) is 3. The number of aliphatic carboxylic acids is 2. The molecule has 0 aliphatic heterocycles. The molecule has 1 radical (unpaired) electrons. The number of carbonyl (C=O) groups is 4. The van der Waals surface area contributed by atoms with Crippen molar-refractivity contribution in [3.8, 4) is 0 Å². The number of aliphatic hydroxyl groups is 3. The SMILES string of the molecule is CCCCCCCCCCCC(=O)N(C)[C@@H](C)C(=O)O.CCCCCCCCCCCCCC(=O)N(C)[C@@H](C)C(=O)O.OCCN(CCO)CCO.[Na]. The zero-order valence-electron chi connectivity index (χ0n) is 35.2. The molecule has 2 amide bonds. The van der Waals surface area contributed by atoms with Crippen LogP contribution in [0.15, 0.2) is 0 Å². The first-order chi connectivity index (χ1) is 24.9. The Morgan fingerprint density at radius 2 is 0.679 bits per heavy atom. The molecule has 0 aromatic rings. The van der Waals surface area contributed by atoms with Crippen molar-refractivity contribution < 1.29 is 44.7 Å². The monoisotopic (exact) mass is 771 g/mol. The van der Waals surface area contributed by atoms with Gasteiger partial charge in [-0.1, -0.05) is 129 Å². The van der Waals surface area contributed by atoms with Gasteiger partial charge in [0.05, 0.1) is 19.8 Å². The summed E-state index contributed by atoms with van der Waals surface area (Å²) in [5.74, 6) is -2.03. The van der Waals surface area contributed by atoms with Crippen LogP contribution >= 0.6 is 0 Å². The van der Waals surface area contributed by atoms with Gasteiger partial charge in [0.25, 0.3) is 0 Å². The zero-order chi connectivity index (χ0) is 40.0. The minimum atomic E-state index is -0.951. The number of carbonyl (C=O) groups excluding carboxylic acids is 2. The third-order valence-corrected chi connectivity index (χ3v) is 9.40. The second-order valence-corrected chi connectivity index (χ2v) is 13.9. The number of hydrogen-bond acceptors (Lipinski definition) is 8. The van der Waals surface area contributed by atoms with Crippen molar-refractivity contribution in [2.45, 2.75) is 181 Å². The number of likely N-dealkylation sites (N-methyl/N-ethyl adjacent to an activating group) is 2. The van der Waals surface area contributed by atoms with Crippen molar-refractivity contribution in [1.29, 1.82) is 0 Å². The maximum atomic E-state index is 11.8. The summed E-state index contributed by atoms with van der Waals surface area (Å²) in [6.07, 6.45) is 25.6. The van der Waals surface area contributed by atoms with E-state index in [1.165, 1.54) is 119 Å². The summed E-state index contributed by atoms with van der Waals surface area (Å²) < 4.78 is 0. The van der Waals surface area contributed by atoms with Crippen LogP contribution < -0.4 is 0 Å². The summed E-state index contributed by atoms with van der Waals surface area (Å²) in [4.78, 5) is 49.6. The number of hydrogen-bond donors (Lipinski definition) is 5. The quantitative estimate of drug-likeness (QED) is 0.0383. The molecule has 5 N–H and O–H groups in total. The molecule has 0 aliphatic carbocycles. The third-order valence-electron chi connectivity index (χ3n) is 9.40. The first-order valence-corrected chi connectivity index (χ1v) is 20.4. The van der Waals surface area contributed by atoms with Gasteiger partial charge in [-0.3, -0.25) is 14.5 Å². The van der Waals surface area contributed by atoms with Crippen LogP contribution in [0.3, 0.4) is 0 Å². The molecule has 2 atom stereocenters. The van der Waals surface area contributed by atoms with Gasteiger partial charge in [0.1, 0.15) is 12.1 Å². The number of amides is 2. The Bertz CT molecular complexity index is 840. The maximum Gasteiger partial charge on any atom is 0.326 e. The molecular formula is C40H81N3NaO9. The third kappa shape index (κ3) is 38.8. The standard InChI is InChI=1S/C18H35NO3.C16H31NO3.C6H15NO3.Na/c1-4-5-6-7-8-9-10-11-12-13-14-15-17(20)19(3)16(2)18(21)22;1-4-5-6-7-8-9-10-11-12-13-15(18)17(3)14(2)16(19)20;8-4-1-7(2-5-9)3-6-10;/h16H,4-15H2,1-3H3,(H,21,22);14H,4-13H2,1-3H3,(H,19,20);8-10H,1-6H2;/t16-;14-;;/m00../s1. The average molecular weight is 771 g/mol. The van der Waals surface area contributed by atoms with Gasteiger partial charge in [0, 0.05) is 76.1 Å². The molecule has 53 heavy (non-hydrogen) atoms. The van der Waals surface area contributed by atoms with E-state index in [-0.39, 0.29) is 61.2 Å². The fourth-order valence-corrected chi connectivity index (χ4v) is 5.40. The first kappa shape index (κ1) is 58.4. The van der Waals surface area contributed by atoms with E-state index in [1.807, 2.05) is 0 Å². The Morgan fingerprint density at radius 1 is 0.453 bits per heavy atom. The molecule has 0 spiro atoms.